The Morgan fingerprint density at radius 3 is 2.66 bits per heavy atom. The fraction of sp³-hybridized carbons (Fsp3) is 0.450. The van der Waals surface area contributed by atoms with Crippen LogP contribution in [0.25, 0.3) is 0 Å². The second kappa shape index (κ2) is 8.02. The summed E-state index contributed by atoms with van der Waals surface area (Å²) in [6.45, 7) is 3.74. The summed E-state index contributed by atoms with van der Waals surface area (Å²) in [5, 5.41) is 14.1. The Balaban J connectivity index is 1.77. The highest BCUT2D eigenvalue weighted by atomic mass is 16.4. The number of hydrogen-bond acceptors (Lipinski definition) is 5. The number of carbonyl (C=O) groups excluding carboxylic acids is 4. The largest absolute Gasteiger partial charge is 0.480 e. The average molecular weight is 401 g/mol. The topological polar surface area (TPSA) is 133 Å². The fourth-order valence-electron chi connectivity index (χ4n) is 3.62. The lowest BCUT2D eigenvalue weighted by Gasteiger charge is -2.29. The maximum absolute atomic E-state index is 12.7. The zero-order valence-electron chi connectivity index (χ0n) is 16.2. The Labute approximate surface area is 167 Å². The molecule has 1 fully saturated rings. The Morgan fingerprint density at radius 1 is 1.31 bits per heavy atom. The van der Waals surface area contributed by atoms with Crippen molar-refractivity contribution in [3.63, 3.8) is 0 Å². The van der Waals surface area contributed by atoms with Crippen molar-refractivity contribution in [1.82, 2.24) is 15.5 Å². The first-order chi connectivity index (χ1) is 13.7. The predicted octanol–water partition coefficient (Wildman–Crippen LogP) is 0.677. The molecular formula is C20H23N3O6. The van der Waals surface area contributed by atoms with Crippen LogP contribution in [-0.4, -0.2) is 51.7 Å². The van der Waals surface area contributed by atoms with Crippen LogP contribution in [0.5, 0.6) is 0 Å². The summed E-state index contributed by atoms with van der Waals surface area (Å²) in [6, 6.07) is 2.78. The van der Waals surface area contributed by atoms with E-state index in [9.17, 15) is 29.1 Å². The lowest BCUT2D eigenvalue weighted by Crippen LogP contribution is -2.52. The quantitative estimate of drug-likeness (QED) is 0.600. The highest BCUT2D eigenvalue weighted by Crippen LogP contribution is 2.28. The highest BCUT2D eigenvalue weighted by Gasteiger charge is 2.39. The highest BCUT2D eigenvalue weighted by molar-refractivity contribution is 6.06. The first-order valence-corrected chi connectivity index (χ1v) is 9.54. The molecule has 1 aromatic carbocycles. The lowest BCUT2D eigenvalue weighted by atomic mass is 9.98. The molecule has 4 amide bonds. The number of piperidine rings is 1. The van der Waals surface area contributed by atoms with Crippen LogP contribution in [0.15, 0.2) is 18.2 Å². The third-order valence-corrected chi connectivity index (χ3v) is 5.55. The van der Waals surface area contributed by atoms with Gasteiger partial charge in [-0.1, -0.05) is 20.3 Å². The van der Waals surface area contributed by atoms with Gasteiger partial charge in [-0.3, -0.25) is 24.5 Å². The van der Waals surface area contributed by atoms with Crippen LogP contribution >= 0.6 is 0 Å². The summed E-state index contributed by atoms with van der Waals surface area (Å²) in [6.07, 6.45) is 1.01. The molecular weight excluding hydrogens is 378 g/mol. The van der Waals surface area contributed by atoms with E-state index in [0.717, 1.165) is 0 Å². The Morgan fingerprint density at radius 2 is 2.03 bits per heavy atom. The van der Waals surface area contributed by atoms with Crippen molar-refractivity contribution in [1.29, 1.82) is 0 Å². The lowest BCUT2D eigenvalue weighted by molar-refractivity contribution is -0.140. The van der Waals surface area contributed by atoms with Gasteiger partial charge in [0, 0.05) is 24.1 Å². The molecule has 1 unspecified atom stereocenters. The number of nitrogens with one attached hydrogen (secondary N) is 2. The number of carboxylic acid groups (broad SMARTS) is 1. The molecule has 3 N–H and O–H groups in total. The summed E-state index contributed by atoms with van der Waals surface area (Å²) < 4.78 is 0. The normalized spacial score (nSPS) is 20.7. The molecule has 3 rings (SSSR count). The monoisotopic (exact) mass is 401 g/mol. The minimum atomic E-state index is -1.10. The molecule has 154 valence electrons. The first-order valence-electron chi connectivity index (χ1n) is 9.54. The minimum Gasteiger partial charge on any atom is -0.480 e. The number of fused-ring (bicyclic) bond motifs is 1. The van der Waals surface area contributed by atoms with Gasteiger partial charge in [-0.25, -0.2) is 4.79 Å². The number of carbonyl (C=O) groups is 5. The van der Waals surface area contributed by atoms with E-state index >= 15 is 0 Å². The van der Waals surface area contributed by atoms with Crippen molar-refractivity contribution < 1.29 is 29.1 Å². The van der Waals surface area contributed by atoms with Gasteiger partial charge in [0.1, 0.15) is 12.1 Å². The van der Waals surface area contributed by atoms with E-state index in [1.807, 2.05) is 6.92 Å². The Bertz CT molecular complexity index is 896. The summed E-state index contributed by atoms with van der Waals surface area (Å²) >= 11 is 0. The molecule has 9 nitrogen and oxygen atoms in total. The third-order valence-electron chi connectivity index (χ3n) is 5.55. The number of aliphatic carboxylic acids is 1. The maximum atomic E-state index is 12.7. The van der Waals surface area contributed by atoms with Gasteiger partial charge in [-0.05, 0) is 36.1 Å². The molecule has 0 saturated carbocycles. The number of benzene rings is 1. The SMILES string of the molecule is CC[C@H](C)[C@H](NC(=O)c1ccc2c(c1)CN(C1CCC(=O)NC1=O)C2=O)C(=O)O. The van der Waals surface area contributed by atoms with Gasteiger partial charge in [0.25, 0.3) is 11.8 Å². The van der Waals surface area contributed by atoms with Crippen molar-refractivity contribution in [2.45, 2.75) is 51.7 Å². The number of amides is 4. The molecule has 2 heterocycles. The molecule has 0 radical (unpaired) electrons. The van der Waals surface area contributed by atoms with Crippen LogP contribution in [-0.2, 0) is 20.9 Å². The summed E-state index contributed by atoms with van der Waals surface area (Å²) in [5.74, 6) is -3.07. The van der Waals surface area contributed by atoms with Crippen LogP contribution in [0.3, 0.4) is 0 Å². The molecule has 0 aliphatic carbocycles. The number of nitrogens with zero attached hydrogens (tertiary/aromatic N) is 1. The average Bonchev–Trinajstić information content (AvgIpc) is 3.00. The number of carboxylic acids is 1. The van der Waals surface area contributed by atoms with Crippen molar-refractivity contribution in [3.05, 3.63) is 34.9 Å². The molecule has 2 aliphatic heterocycles. The van der Waals surface area contributed by atoms with Gasteiger partial charge < -0.3 is 15.3 Å². The van der Waals surface area contributed by atoms with Crippen LogP contribution in [0.2, 0.25) is 0 Å². The van der Waals surface area contributed by atoms with Crippen molar-refractivity contribution in [2.75, 3.05) is 0 Å². The Hall–Kier alpha value is -3.23. The van der Waals surface area contributed by atoms with Crippen molar-refractivity contribution >= 4 is 29.6 Å². The second-order valence-electron chi connectivity index (χ2n) is 7.45. The van der Waals surface area contributed by atoms with E-state index in [1.54, 1.807) is 13.0 Å². The van der Waals surface area contributed by atoms with Gasteiger partial charge in [0.2, 0.25) is 11.8 Å². The van der Waals surface area contributed by atoms with Crippen molar-refractivity contribution in [3.8, 4) is 0 Å². The number of hydrogen-bond donors (Lipinski definition) is 3. The molecule has 1 saturated heterocycles. The zero-order valence-corrected chi connectivity index (χ0v) is 16.2. The molecule has 9 heteroatoms. The first kappa shape index (κ1) is 20.5. The zero-order chi connectivity index (χ0) is 21.3. The molecule has 2 aliphatic rings. The van der Waals surface area contributed by atoms with Gasteiger partial charge in [0.05, 0.1) is 0 Å². The third kappa shape index (κ3) is 3.98. The maximum Gasteiger partial charge on any atom is 0.326 e. The molecule has 0 aromatic heterocycles. The van der Waals surface area contributed by atoms with E-state index < -0.39 is 29.9 Å². The van der Waals surface area contributed by atoms with Crippen LogP contribution in [0, 0.1) is 5.92 Å². The number of rotatable bonds is 6. The molecule has 0 bridgehead atoms. The van der Waals surface area contributed by atoms with E-state index in [0.29, 0.717) is 17.5 Å². The minimum absolute atomic E-state index is 0.148. The second-order valence-corrected chi connectivity index (χ2v) is 7.45. The van der Waals surface area contributed by atoms with Crippen molar-refractivity contribution in [2.24, 2.45) is 5.92 Å². The summed E-state index contributed by atoms with van der Waals surface area (Å²) in [5.41, 5.74) is 1.22. The van der Waals surface area contributed by atoms with Gasteiger partial charge >= 0.3 is 5.97 Å². The summed E-state index contributed by atoms with van der Waals surface area (Å²) in [7, 11) is 0. The molecule has 0 spiro atoms. The van der Waals surface area contributed by atoms with E-state index in [4.69, 9.17) is 0 Å². The van der Waals surface area contributed by atoms with Gasteiger partial charge in [-0.2, -0.15) is 0 Å². The van der Waals surface area contributed by atoms with Crippen LogP contribution < -0.4 is 10.6 Å². The molecule has 29 heavy (non-hydrogen) atoms. The van der Waals surface area contributed by atoms with E-state index in [1.165, 1.54) is 17.0 Å². The summed E-state index contributed by atoms with van der Waals surface area (Å²) in [4.78, 5) is 61.5. The molecule has 1 aromatic rings. The standard InChI is InChI=1S/C20H23N3O6/c1-3-10(2)16(20(28)29)22-17(25)11-4-5-13-12(8-11)9-23(19(13)27)14-6-7-15(24)21-18(14)26/h4-5,8,10,14,16H,3,6-7,9H2,1-2H3,(H,22,25)(H,28,29)(H,21,24,26)/t10-,14?,16-/m0/s1. The van der Waals surface area contributed by atoms with E-state index in [-0.39, 0.29) is 42.7 Å². The predicted molar refractivity (Wildman–Crippen MR) is 101 cm³/mol. The molecule has 3 atom stereocenters. The smallest absolute Gasteiger partial charge is 0.326 e. The van der Waals surface area contributed by atoms with Gasteiger partial charge in [-0.15, -0.1) is 0 Å². The van der Waals surface area contributed by atoms with Crippen LogP contribution in [0.1, 0.15) is 59.4 Å². The Kier molecular flexibility index (Phi) is 5.67. The van der Waals surface area contributed by atoms with Gasteiger partial charge in [0.15, 0.2) is 0 Å². The van der Waals surface area contributed by atoms with E-state index in [2.05, 4.69) is 10.6 Å². The fourth-order valence-corrected chi connectivity index (χ4v) is 3.62. The number of imide groups is 1. The van der Waals surface area contributed by atoms with Crippen LogP contribution in [0.4, 0.5) is 0 Å².